The molecule has 0 aliphatic carbocycles. The zero-order valence-corrected chi connectivity index (χ0v) is 15.1. The highest BCUT2D eigenvalue weighted by molar-refractivity contribution is 8.18. The van der Waals surface area contributed by atoms with E-state index in [1.54, 1.807) is 23.1 Å². The van der Waals surface area contributed by atoms with Crippen molar-refractivity contribution in [2.24, 2.45) is 4.99 Å². The van der Waals surface area contributed by atoms with Crippen molar-refractivity contribution in [1.82, 2.24) is 15.1 Å². The van der Waals surface area contributed by atoms with Gasteiger partial charge in [0.1, 0.15) is 5.01 Å². The maximum Gasteiger partial charge on any atom is 0.266 e. The second-order valence-corrected chi connectivity index (χ2v) is 7.24. The van der Waals surface area contributed by atoms with Gasteiger partial charge in [-0.05, 0) is 42.8 Å². The third-order valence-electron chi connectivity index (χ3n) is 3.36. The summed E-state index contributed by atoms with van der Waals surface area (Å²) in [5, 5.41) is 20.5. The quantitative estimate of drug-likeness (QED) is 0.758. The van der Waals surface area contributed by atoms with Crippen LogP contribution >= 0.6 is 23.1 Å². The van der Waals surface area contributed by atoms with Crippen molar-refractivity contribution in [3.8, 4) is 0 Å². The highest BCUT2D eigenvalue weighted by Crippen LogP contribution is 2.34. The Bertz CT molecular complexity index is 887. The number of carboxylic acid groups (broad SMARTS) is 1. The third kappa shape index (κ3) is 3.77. The molecule has 1 amide bonds. The Morgan fingerprint density at radius 1 is 1.32 bits per heavy atom. The summed E-state index contributed by atoms with van der Waals surface area (Å²) in [6.45, 7) is 4.20. The Morgan fingerprint density at radius 3 is 2.60 bits per heavy atom. The Hall–Kier alpha value is -2.52. The monoisotopic (exact) mass is 373 g/mol. The van der Waals surface area contributed by atoms with Crippen LogP contribution < -0.4 is 5.11 Å². The smallest absolute Gasteiger partial charge is 0.266 e. The number of amides is 1. The molecule has 1 fully saturated rings. The van der Waals surface area contributed by atoms with Gasteiger partial charge < -0.3 is 9.90 Å². The summed E-state index contributed by atoms with van der Waals surface area (Å²) in [5.41, 5.74) is 0.821. The number of nitrogens with zero attached hydrogens (tertiary/aromatic N) is 4. The van der Waals surface area contributed by atoms with E-state index < -0.39 is 5.97 Å². The minimum absolute atomic E-state index is 0.0941. The number of rotatable bonds is 4. The highest BCUT2D eigenvalue weighted by Gasteiger charge is 2.32. The molecule has 1 saturated heterocycles. The number of carbonyl (C=O) groups is 2. The number of carboxylic acids is 1. The van der Waals surface area contributed by atoms with Crippen molar-refractivity contribution in [3.05, 3.63) is 45.3 Å². The fourth-order valence-electron chi connectivity index (χ4n) is 2.15. The van der Waals surface area contributed by atoms with Crippen LogP contribution in [0.3, 0.4) is 0 Å². The van der Waals surface area contributed by atoms with Gasteiger partial charge in [-0.15, -0.1) is 10.2 Å². The maximum atomic E-state index is 12.5. The van der Waals surface area contributed by atoms with E-state index in [9.17, 15) is 14.7 Å². The molecule has 0 unspecified atom stereocenters. The Labute approximate surface area is 152 Å². The molecule has 0 atom stereocenters. The van der Waals surface area contributed by atoms with E-state index in [1.807, 2.05) is 13.8 Å². The number of thioether (sulfide) groups is 1. The van der Waals surface area contributed by atoms with E-state index in [4.69, 9.17) is 0 Å². The van der Waals surface area contributed by atoms with Crippen LogP contribution in [-0.4, -0.2) is 38.7 Å². The molecule has 2 heterocycles. The number of benzene rings is 1. The van der Waals surface area contributed by atoms with Crippen LogP contribution in [0.1, 0.15) is 27.9 Å². The van der Waals surface area contributed by atoms with Crippen LogP contribution in [0.2, 0.25) is 0 Å². The second-order valence-electron chi connectivity index (χ2n) is 5.07. The molecule has 1 aromatic carbocycles. The summed E-state index contributed by atoms with van der Waals surface area (Å²) in [6.07, 6.45) is 1.71. The number of aryl methyl sites for hydroxylation is 1. The van der Waals surface area contributed by atoms with Gasteiger partial charge in [-0.1, -0.05) is 35.6 Å². The molecule has 0 saturated carbocycles. The van der Waals surface area contributed by atoms with Crippen molar-refractivity contribution < 1.29 is 14.7 Å². The number of aromatic carboxylic acids is 1. The molecule has 7 nitrogen and oxygen atoms in total. The standard InChI is InChI=1S/C16H14N4O3S2/c1-3-20-13(21)12(8-10-4-6-11(7-5-10)14(22)23)25-16(20)17-15-19-18-9(2)24-15/h4-8H,3H2,1-2H3,(H,22,23)/p-1/b12-8-,17-16?. The van der Waals surface area contributed by atoms with Crippen molar-refractivity contribution >= 4 is 51.4 Å². The SMILES string of the molecule is CCN1C(=O)/C(=C/c2ccc(C(=O)[O-])cc2)SC1=Nc1nnc(C)s1. The first-order valence-corrected chi connectivity index (χ1v) is 9.03. The van der Waals surface area contributed by atoms with Crippen molar-refractivity contribution in [1.29, 1.82) is 0 Å². The van der Waals surface area contributed by atoms with Crippen LogP contribution in [0, 0.1) is 6.92 Å². The van der Waals surface area contributed by atoms with E-state index in [0.717, 1.165) is 10.6 Å². The topological polar surface area (TPSA) is 98.6 Å². The Balaban J connectivity index is 1.88. The van der Waals surface area contributed by atoms with Gasteiger partial charge in [-0.2, -0.15) is 4.99 Å². The summed E-state index contributed by atoms with van der Waals surface area (Å²) >= 11 is 2.61. The number of hydrogen-bond acceptors (Lipinski definition) is 8. The van der Waals surface area contributed by atoms with Gasteiger partial charge in [0.05, 0.1) is 10.9 Å². The van der Waals surface area contributed by atoms with Crippen LogP contribution in [0.15, 0.2) is 34.2 Å². The normalized spacial score (nSPS) is 17.7. The molecule has 1 aromatic heterocycles. The summed E-state index contributed by atoms with van der Waals surface area (Å²) < 4.78 is 0. The van der Waals surface area contributed by atoms with E-state index in [0.29, 0.717) is 21.7 Å². The molecule has 1 aliphatic rings. The van der Waals surface area contributed by atoms with Crippen molar-refractivity contribution in [2.45, 2.75) is 13.8 Å². The van der Waals surface area contributed by atoms with E-state index in [-0.39, 0.29) is 11.5 Å². The summed E-state index contributed by atoms with van der Waals surface area (Å²) in [4.78, 5) is 29.8. The predicted molar refractivity (Wildman–Crippen MR) is 95.5 cm³/mol. The molecule has 0 radical (unpaired) electrons. The molecule has 0 bridgehead atoms. The molecule has 2 aromatic rings. The second kappa shape index (κ2) is 7.16. The van der Waals surface area contributed by atoms with E-state index in [1.165, 1.54) is 35.2 Å². The molecular formula is C16H13N4O3S2-. The van der Waals surface area contributed by atoms with Gasteiger partial charge >= 0.3 is 0 Å². The lowest BCUT2D eigenvalue weighted by Crippen LogP contribution is -2.28. The third-order valence-corrected chi connectivity index (χ3v) is 5.09. The fraction of sp³-hybridized carbons (Fsp3) is 0.188. The predicted octanol–water partition coefficient (Wildman–Crippen LogP) is 1.83. The number of amidine groups is 1. The number of aromatic nitrogens is 2. The molecule has 3 rings (SSSR count). The van der Waals surface area contributed by atoms with Gasteiger partial charge in [0.2, 0.25) is 5.13 Å². The van der Waals surface area contributed by atoms with Gasteiger partial charge in [0, 0.05) is 6.54 Å². The first-order chi connectivity index (χ1) is 12.0. The van der Waals surface area contributed by atoms with Crippen molar-refractivity contribution in [2.75, 3.05) is 6.54 Å². The van der Waals surface area contributed by atoms with Crippen LogP contribution in [-0.2, 0) is 4.79 Å². The number of hydrogen-bond donors (Lipinski definition) is 0. The lowest BCUT2D eigenvalue weighted by molar-refractivity contribution is -0.255. The summed E-state index contributed by atoms with van der Waals surface area (Å²) in [6, 6.07) is 6.15. The van der Waals surface area contributed by atoms with E-state index >= 15 is 0 Å². The number of aliphatic imine (C=N–C) groups is 1. The van der Waals surface area contributed by atoms with Crippen LogP contribution in [0.25, 0.3) is 6.08 Å². The zero-order valence-electron chi connectivity index (χ0n) is 13.4. The zero-order chi connectivity index (χ0) is 18.0. The molecular weight excluding hydrogens is 360 g/mol. The largest absolute Gasteiger partial charge is 0.545 e. The molecule has 1 aliphatic heterocycles. The number of likely N-dealkylation sites (N-methyl/N-ethyl adjacent to an activating group) is 1. The van der Waals surface area contributed by atoms with Crippen molar-refractivity contribution in [3.63, 3.8) is 0 Å². The molecule has 9 heteroatoms. The van der Waals surface area contributed by atoms with Gasteiger partial charge in [0.25, 0.3) is 5.91 Å². The van der Waals surface area contributed by atoms with Gasteiger partial charge in [-0.25, -0.2) is 0 Å². The molecule has 0 spiro atoms. The lowest BCUT2D eigenvalue weighted by atomic mass is 10.1. The minimum atomic E-state index is -1.23. The average Bonchev–Trinajstić information content (AvgIpc) is 3.12. The highest BCUT2D eigenvalue weighted by atomic mass is 32.2. The first kappa shape index (κ1) is 17.3. The molecule has 0 N–H and O–H groups in total. The van der Waals surface area contributed by atoms with Crippen LogP contribution in [0.4, 0.5) is 5.13 Å². The van der Waals surface area contributed by atoms with Gasteiger partial charge in [-0.3, -0.25) is 9.69 Å². The molecule has 128 valence electrons. The molecule has 25 heavy (non-hydrogen) atoms. The Kier molecular flexibility index (Phi) is 4.95. The maximum absolute atomic E-state index is 12.5. The minimum Gasteiger partial charge on any atom is -0.545 e. The van der Waals surface area contributed by atoms with Gasteiger partial charge in [0.15, 0.2) is 5.17 Å². The average molecular weight is 373 g/mol. The Morgan fingerprint density at radius 2 is 2.04 bits per heavy atom. The number of carbonyl (C=O) groups excluding carboxylic acids is 2. The first-order valence-electron chi connectivity index (χ1n) is 7.39. The van der Waals surface area contributed by atoms with E-state index in [2.05, 4.69) is 15.2 Å². The summed E-state index contributed by atoms with van der Waals surface area (Å²) in [5.74, 6) is -1.37. The lowest BCUT2D eigenvalue weighted by Gasteiger charge is -2.11. The van der Waals surface area contributed by atoms with Crippen LogP contribution in [0.5, 0.6) is 0 Å². The fourth-order valence-corrected chi connectivity index (χ4v) is 3.81. The summed E-state index contributed by atoms with van der Waals surface area (Å²) in [7, 11) is 0.